The number of carboxylic acids is 1. The number of carboxylic acid groups (broad SMARTS) is 1. The lowest BCUT2D eigenvalue weighted by Gasteiger charge is -2.15. The molecule has 1 unspecified atom stereocenters. The summed E-state index contributed by atoms with van der Waals surface area (Å²) in [6, 6.07) is 6.57. The minimum absolute atomic E-state index is 0.153. The number of nitrogens with two attached hydrogens (primary N) is 1. The Labute approximate surface area is 100 Å². The zero-order valence-corrected chi connectivity index (χ0v) is 9.85. The van der Waals surface area contributed by atoms with E-state index in [1.807, 2.05) is 12.1 Å². The van der Waals surface area contributed by atoms with Gasteiger partial charge in [0, 0.05) is 12.5 Å². The standard InChI is InChI=1S/C13H17NO3/c1-17-8-13(6-7-13)10-4-2-9(3-5-10)11(14)12(15)16/h2-5,11H,6-8,14H2,1H3,(H,15,16). The van der Waals surface area contributed by atoms with E-state index in [1.54, 1.807) is 19.2 Å². The Morgan fingerprint density at radius 2 is 2.06 bits per heavy atom. The number of rotatable bonds is 5. The molecule has 17 heavy (non-hydrogen) atoms. The first kappa shape index (κ1) is 12.1. The summed E-state index contributed by atoms with van der Waals surface area (Å²) < 4.78 is 5.22. The summed E-state index contributed by atoms with van der Waals surface area (Å²) in [5.41, 5.74) is 7.54. The molecule has 92 valence electrons. The van der Waals surface area contributed by atoms with Gasteiger partial charge in [-0.3, -0.25) is 4.79 Å². The third kappa shape index (κ3) is 2.33. The molecule has 1 saturated carbocycles. The molecule has 0 spiro atoms. The summed E-state index contributed by atoms with van der Waals surface area (Å²) in [7, 11) is 1.70. The molecule has 0 saturated heterocycles. The number of aliphatic carboxylic acids is 1. The van der Waals surface area contributed by atoms with Gasteiger partial charge in [-0.2, -0.15) is 0 Å². The molecule has 2 rings (SSSR count). The van der Waals surface area contributed by atoms with Gasteiger partial charge in [-0.05, 0) is 24.0 Å². The van der Waals surface area contributed by atoms with Crippen LogP contribution in [0, 0.1) is 0 Å². The number of hydrogen-bond donors (Lipinski definition) is 2. The van der Waals surface area contributed by atoms with Crippen LogP contribution in [0.25, 0.3) is 0 Å². The number of hydrogen-bond acceptors (Lipinski definition) is 3. The maximum absolute atomic E-state index is 10.8. The second-order valence-electron chi connectivity index (χ2n) is 4.65. The summed E-state index contributed by atoms with van der Waals surface area (Å²) in [6.07, 6.45) is 2.26. The normalized spacial score (nSPS) is 18.7. The molecule has 0 heterocycles. The van der Waals surface area contributed by atoms with Gasteiger partial charge in [0.05, 0.1) is 6.61 Å². The number of methoxy groups -OCH3 is 1. The van der Waals surface area contributed by atoms with Crippen molar-refractivity contribution in [1.82, 2.24) is 0 Å². The lowest BCUT2D eigenvalue weighted by molar-refractivity contribution is -0.138. The van der Waals surface area contributed by atoms with Crippen LogP contribution in [0.5, 0.6) is 0 Å². The Morgan fingerprint density at radius 3 is 2.47 bits per heavy atom. The molecular weight excluding hydrogens is 218 g/mol. The molecular formula is C13H17NO3. The van der Waals surface area contributed by atoms with E-state index < -0.39 is 12.0 Å². The molecule has 0 radical (unpaired) electrons. The van der Waals surface area contributed by atoms with Gasteiger partial charge in [0.25, 0.3) is 0 Å². The monoisotopic (exact) mass is 235 g/mol. The molecule has 3 N–H and O–H groups in total. The zero-order chi connectivity index (χ0) is 12.5. The van der Waals surface area contributed by atoms with Crippen molar-refractivity contribution < 1.29 is 14.6 Å². The summed E-state index contributed by atoms with van der Waals surface area (Å²) in [5.74, 6) is -1.00. The number of benzene rings is 1. The van der Waals surface area contributed by atoms with Crippen LogP contribution in [-0.4, -0.2) is 24.8 Å². The Morgan fingerprint density at radius 1 is 1.47 bits per heavy atom. The van der Waals surface area contributed by atoms with Gasteiger partial charge in [0.15, 0.2) is 0 Å². The SMILES string of the molecule is COCC1(c2ccc(C(N)C(=O)O)cc2)CC1. The average molecular weight is 235 g/mol. The van der Waals surface area contributed by atoms with Crippen LogP contribution < -0.4 is 5.73 Å². The van der Waals surface area contributed by atoms with Crippen molar-refractivity contribution in [3.05, 3.63) is 35.4 Å². The van der Waals surface area contributed by atoms with Crippen molar-refractivity contribution in [3.8, 4) is 0 Å². The van der Waals surface area contributed by atoms with Crippen molar-refractivity contribution in [2.75, 3.05) is 13.7 Å². The highest BCUT2D eigenvalue weighted by molar-refractivity contribution is 5.75. The number of carbonyl (C=O) groups is 1. The fourth-order valence-electron chi connectivity index (χ4n) is 2.13. The fraction of sp³-hybridized carbons (Fsp3) is 0.462. The van der Waals surface area contributed by atoms with E-state index in [2.05, 4.69) is 0 Å². The summed E-state index contributed by atoms with van der Waals surface area (Å²) >= 11 is 0. The van der Waals surface area contributed by atoms with Crippen molar-refractivity contribution in [3.63, 3.8) is 0 Å². The van der Waals surface area contributed by atoms with Gasteiger partial charge in [0.1, 0.15) is 6.04 Å². The molecule has 1 aliphatic carbocycles. The summed E-state index contributed by atoms with van der Waals surface area (Å²) in [6.45, 7) is 0.720. The lowest BCUT2D eigenvalue weighted by Crippen LogP contribution is -2.21. The van der Waals surface area contributed by atoms with E-state index in [0.717, 1.165) is 19.4 Å². The first-order valence-electron chi connectivity index (χ1n) is 5.67. The number of ether oxygens (including phenoxy) is 1. The van der Waals surface area contributed by atoms with Crippen molar-refractivity contribution in [2.24, 2.45) is 5.73 Å². The Bertz CT molecular complexity index is 409. The quantitative estimate of drug-likeness (QED) is 0.810. The molecule has 1 aliphatic rings. The highest BCUT2D eigenvalue weighted by atomic mass is 16.5. The molecule has 0 amide bonds. The minimum atomic E-state index is -1.00. The van der Waals surface area contributed by atoms with Gasteiger partial charge >= 0.3 is 5.97 Å². The van der Waals surface area contributed by atoms with Crippen molar-refractivity contribution in [2.45, 2.75) is 24.3 Å². The molecule has 0 aromatic heterocycles. The zero-order valence-electron chi connectivity index (χ0n) is 9.85. The van der Waals surface area contributed by atoms with Gasteiger partial charge in [-0.25, -0.2) is 0 Å². The highest BCUT2D eigenvalue weighted by Crippen LogP contribution is 2.48. The largest absolute Gasteiger partial charge is 0.480 e. The van der Waals surface area contributed by atoms with Crippen LogP contribution in [0.1, 0.15) is 30.0 Å². The van der Waals surface area contributed by atoms with E-state index in [-0.39, 0.29) is 5.41 Å². The molecule has 0 aliphatic heterocycles. The van der Waals surface area contributed by atoms with Crippen LogP contribution >= 0.6 is 0 Å². The van der Waals surface area contributed by atoms with Gasteiger partial charge in [-0.15, -0.1) is 0 Å². The molecule has 1 aromatic carbocycles. The topological polar surface area (TPSA) is 72.5 Å². The maximum atomic E-state index is 10.8. The van der Waals surface area contributed by atoms with E-state index in [0.29, 0.717) is 5.56 Å². The Hall–Kier alpha value is -1.39. The van der Waals surface area contributed by atoms with E-state index in [4.69, 9.17) is 15.6 Å². The highest BCUT2D eigenvalue weighted by Gasteiger charge is 2.44. The van der Waals surface area contributed by atoms with Crippen LogP contribution in [0.2, 0.25) is 0 Å². The van der Waals surface area contributed by atoms with Crippen LogP contribution in [0.15, 0.2) is 24.3 Å². The molecule has 4 heteroatoms. The van der Waals surface area contributed by atoms with Gasteiger partial charge in [-0.1, -0.05) is 24.3 Å². The van der Waals surface area contributed by atoms with Crippen molar-refractivity contribution in [1.29, 1.82) is 0 Å². The maximum Gasteiger partial charge on any atom is 0.325 e. The van der Waals surface area contributed by atoms with Crippen LogP contribution in [-0.2, 0) is 14.9 Å². The second kappa shape index (κ2) is 4.47. The first-order chi connectivity index (χ1) is 8.09. The summed E-state index contributed by atoms with van der Waals surface area (Å²) in [5, 5.41) is 8.82. The third-order valence-corrected chi connectivity index (χ3v) is 3.42. The fourth-order valence-corrected chi connectivity index (χ4v) is 2.13. The van der Waals surface area contributed by atoms with Crippen LogP contribution in [0.3, 0.4) is 0 Å². The molecule has 4 nitrogen and oxygen atoms in total. The molecule has 1 atom stereocenters. The Kier molecular flexibility index (Phi) is 3.17. The smallest absolute Gasteiger partial charge is 0.325 e. The van der Waals surface area contributed by atoms with Gasteiger partial charge < -0.3 is 15.6 Å². The third-order valence-electron chi connectivity index (χ3n) is 3.42. The minimum Gasteiger partial charge on any atom is -0.480 e. The lowest BCUT2D eigenvalue weighted by atomic mass is 9.94. The first-order valence-corrected chi connectivity index (χ1v) is 5.67. The predicted octanol–water partition coefficient (Wildman–Crippen LogP) is 1.45. The van der Waals surface area contributed by atoms with E-state index in [1.165, 1.54) is 5.56 Å². The molecule has 1 aromatic rings. The Balaban J connectivity index is 2.16. The molecule has 1 fully saturated rings. The van der Waals surface area contributed by atoms with E-state index >= 15 is 0 Å². The van der Waals surface area contributed by atoms with E-state index in [9.17, 15) is 4.79 Å². The summed E-state index contributed by atoms with van der Waals surface area (Å²) in [4.78, 5) is 10.8. The van der Waals surface area contributed by atoms with Crippen molar-refractivity contribution >= 4 is 5.97 Å². The van der Waals surface area contributed by atoms with Gasteiger partial charge in [0.2, 0.25) is 0 Å². The van der Waals surface area contributed by atoms with Crippen LogP contribution in [0.4, 0.5) is 0 Å². The molecule has 0 bridgehead atoms. The predicted molar refractivity (Wildman–Crippen MR) is 63.8 cm³/mol. The second-order valence-corrected chi connectivity index (χ2v) is 4.65. The average Bonchev–Trinajstić information content (AvgIpc) is 3.10.